The average molecular weight is 314 g/mol. The second kappa shape index (κ2) is 7.18. The van der Waals surface area contributed by atoms with Crippen molar-refractivity contribution >= 4 is 35.1 Å². The van der Waals surface area contributed by atoms with Crippen LogP contribution in [0.4, 0.5) is 5.82 Å². The lowest BCUT2D eigenvalue weighted by Crippen LogP contribution is -2.38. The molecule has 1 aromatic rings. The van der Waals surface area contributed by atoms with Crippen molar-refractivity contribution in [1.29, 1.82) is 0 Å². The van der Waals surface area contributed by atoms with Crippen molar-refractivity contribution in [2.75, 3.05) is 18.1 Å². The molecule has 2 atom stereocenters. The van der Waals surface area contributed by atoms with E-state index in [1.807, 2.05) is 18.7 Å². The van der Waals surface area contributed by atoms with Crippen LogP contribution in [-0.2, 0) is 0 Å². The third-order valence-corrected chi connectivity index (χ3v) is 4.85. The maximum Gasteiger partial charge on any atom is 0.251 e. The molecule has 4 nitrogen and oxygen atoms in total. The van der Waals surface area contributed by atoms with E-state index in [1.165, 1.54) is 12.8 Å². The molecule has 0 bridgehead atoms. The Bertz CT molecular complexity index is 483. The van der Waals surface area contributed by atoms with E-state index in [1.54, 1.807) is 12.1 Å². The number of carbonyl (C=O) groups is 1. The Morgan fingerprint density at radius 3 is 3.00 bits per heavy atom. The Morgan fingerprint density at radius 1 is 1.50 bits per heavy atom. The normalized spacial score (nSPS) is 21.8. The molecule has 110 valence electrons. The van der Waals surface area contributed by atoms with Crippen LogP contribution in [0.3, 0.4) is 0 Å². The molecule has 1 fully saturated rings. The monoisotopic (exact) mass is 313 g/mol. The van der Waals surface area contributed by atoms with E-state index in [2.05, 4.69) is 21.9 Å². The highest BCUT2D eigenvalue weighted by molar-refractivity contribution is 7.99. The van der Waals surface area contributed by atoms with Gasteiger partial charge in [-0.3, -0.25) is 4.79 Å². The van der Waals surface area contributed by atoms with Gasteiger partial charge in [-0.05, 0) is 38.2 Å². The van der Waals surface area contributed by atoms with E-state index in [0.29, 0.717) is 21.8 Å². The van der Waals surface area contributed by atoms with Crippen LogP contribution in [-0.4, -0.2) is 35.0 Å². The summed E-state index contributed by atoms with van der Waals surface area (Å²) in [6.07, 6.45) is 5.50. The summed E-state index contributed by atoms with van der Waals surface area (Å²) in [6.45, 7) is 2.72. The summed E-state index contributed by atoms with van der Waals surface area (Å²) in [7, 11) is 0. The van der Waals surface area contributed by atoms with Gasteiger partial charge in [0.15, 0.2) is 0 Å². The Morgan fingerprint density at radius 2 is 2.30 bits per heavy atom. The third-order valence-electron chi connectivity index (χ3n) is 3.49. The number of thioether (sulfide) groups is 1. The molecule has 2 unspecified atom stereocenters. The van der Waals surface area contributed by atoms with Gasteiger partial charge in [0, 0.05) is 23.4 Å². The summed E-state index contributed by atoms with van der Waals surface area (Å²) in [5.74, 6) is 0.567. The largest absolute Gasteiger partial charge is 0.370 e. The molecule has 0 aliphatic heterocycles. The standard InChI is InChI=1S/C14H20ClN3OS/c1-3-16-13-8-9(7-12(15)18-13)14(19)17-10-5-4-6-11(10)20-2/h7-8,10-11H,3-6H2,1-2H3,(H,16,18)(H,17,19). The van der Waals surface area contributed by atoms with Crippen LogP contribution in [0, 0.1) is 0 Å². The molecule has 2 N–H and O–H groups in total. The lowest BCUT2D eigenvalue weighted by atomic mass is 10.2. The van der Waals surface area contributed by atoms with Crippen molar-refractivity contribution in [3.8, 4) is 0 Å². The van der Waals surface area contributed by atoms with Gasteiger partial charge in [0.05, 0.1) is 0 Å². The first-order valence-electron chi connectivity index (χ1n) is 6.89. The summed E-state index contributed by atoms with van der Waals surface area (Å²) in [5, 5.41) is 7.05. The molecule has 20 heavy (non-hydrogen) atoms. The zero-order valence-electron chi connectivity index (χ0n) is 11.8. The van der Waals surface area contributed by atoms with E-state index < -0.39 is 0 Å². The van der Waals surface area contributed by atoms with Gasteiger partial charge < -0.3 is 10.6 Å². The van der Waals surface area contributed by atoms with Crippen LogP contribution < -0.4 is 10.6 Å². The molecule has 2 rings (SSSR count). The fraction of sp³-hybridized carbons (Fsp3) is 0.571. The van der Waals surface area contributed by atoms with Crippen molar-refractivity contribution in [3.63, 3.8) is 0 Å². The molecule has 1 aliphatic rings. The zero-order chi connectivity index (χ0) is 14.5. The lowest BCUT2D eigenvalue weighted by molar-refractivity contribution is 0.0938. The Hall–Kier alpha value is -0.940. The maximum absolute atomic E-state index is 12.3. The summed E-state index contributed by atoms with van der Waals surface area (Å²) in [5.41, 5.74) is 0.563. The van der Waals surface area contributed by atoms with Crippen molar-refractivity contribution < 1.29 is 4.79 Å². The molecule has 1 saturated carbocycles. The molecule has 6 heteroatoms. The van der Waals surface area contributed by atoms with Crippen LogP contribution in [0.2, 0.25) is 5.15 Å². The van der Waals surface area contributed by atoms with Gasteiger partial charge in [-0.2, -0.15) is 11.8 Å². The van der Waals surface area contributed by atoms with Gasteiger partial charge in [-0.25, -0.2) is 4.98 Å². The Kier molecular flexibility index (Phi) is 5.54. The molecule has 1 aliphatic carbocycles. The van der Waals surface area contributed by atoms with E-state index >= 15 is 0 Å². The number of pyridine rings is 1. The number of anilines is 1. The predicted octanol–water partition coefficient (Wildman–Crippen LogP) is 3.18. The molecular formula is C14H20ClN3OS. The van der Waals surface area contributed by atoms with Crippen LogP contribution in [0.25, 0.3) is 0 Å². The number of amides is 1. The molecule has 1 amide bonds. The fourth-order valence-electron chi connectivity index (χ4n) is 2.52. The quantitative estimate of drug-likeness (QED) is 0.820. The van der Waals surface area contributed by atoms with E-state index in [0.717, 1.165) is 13.0 Å². The number of hydrogen-bond donors (Lipinski definition) is 2. The van der Waals surface area contributed by atoms with E-state index in [-0.39, 0.29) is 11.9 Å². The third kappa shape index (κ3) is 3.79. The average Bonchev–Trinajstić information content (AvgIpc) is 2.85. The van der Waals surface area contributed by atoms with Crippen molar-refractivity contribution in [2.45, 2.75) is 37.5 Å². The minimum Gasteiger partial charge on any atom is -0.370 e. The Balaban J connectivity index is 2.08. The minimum absolute atomic E-state index is 0.0700. The molecule has 0 saturated heterocycles. The number of nitrogens with zero attached hydrogens (tertiary/aromatic N) is 1. The van der Waals surface area contributed by atoms with Gasteiger partial charge >= 0.3 is 0 Å². The number of halogens is 1. The first kappa shape index (κ1) is 15.4. The number of rotatable bonds is 5. The summed E-state index contributed by atoms with van der Waals surface area (Å²) < 4.78 is 0. The van der Waals surface area contributed by atoms with E-state index in [9.17, 15) is 4.79 Å². The summed E-state index contributed by atoms with van der Waals surface area (Å²) in [4.78, 5) is 16.5. The van der Waals surface area contributed by atoms with Gasteiger partial charge in [0.25, 0.3) is 5.91 Å². The summed E-state index contributed by atoms with van der Waals surface area (Å²) >= 11 is 7.79. The number of hydrogen-bond acceptors (Lipinski definition) is 4. The highest BCUT2D eigenvalue weighted by atomic mass is 35.5. The van der Waals surface area contributed by atoms with Crippen LogP contribution in [0.15, 0.2) is 12.1 Å². The molecule has 1 heterocycles. The van der Waals surface area contributed by atoms with Gasteiger partial charge in [-0.1, -0.05) is 18.0 Å². The smallest absolute Gasteiger partial charge is 0.251 e. The molecular weight excluding hydrogens is 294 g/mol. The fourth-order valence-corrected chi connectivity index (χ4v) is 3.67. The van der Waals surface area contributed by atoms with Crippen molar-refractivity contribution in [1.82, 2.24) is 10.3 Å². The minimum atomic E-state index is -0.0700. The first-order chi connectivity index (χ1) is 9.63. The second-order valence-corrected chi connectivity index (χ2v) is 6.34. The second-order valence-electron chi connectivity index (χ2n) is 4.88. The van der Waals surface area contributed by atoms with Crippen LogP contribution in [0.1, 0.15) is 36.5 Å². The molecule has 1 aromatic heterocycles. The van der Waals surface area contributed by atoms with Crippen LogP contribution >= 0.6 is 23.4 Å². The Labute approximate surface area is 129 Å². The lowest BCUT2D eigenvalue weighted by Gasteiger charge is -2.19. The van der Waals surface area contributed by atoms with E-state index in [4.69, 9.17) is 11.6 Å². The van der Waals surface area contributed by atoms with Crippen molar-refractivity contribution in [2.24, 2.45) is 0 Å². The topological polar surface area (TPSA) is 54.0 Å². The number of carbonyl (C=O) groups excluding carboxylic acids is 1. The van der Waals surface area contributed by atoms with Crippen molar-refractivity contribution in [3.05, 3.63) is 22.8 Å². The molecule has 0 radical (unpaired) electrons. The van der Waals surface area contributed by atoms with Gasteiger partial charge in [-0.15, -0.1) is 0 Å². The molecule has 0 spiro atoms. The highest BCUT2D eigenvalue weighted by Crippen LogP contribution is 2.28. The number of nitrogens with one attached hydrogen (secondary N) is 2. The molecule has 0 aromatic carbocycles. The van der Waals surface area contributed by atoms with Gasteiger partial charge in [0.1, 0.15) is 11.0 Å². The number of aromatic nitrogens is 1. The van der Waals surface area contributed by atoms with Gasteiger partial charge in [0.2, 0.25) is 0 Å². The SMILES string of the molecule is CCNc1cc(C(=O)NC2CCCC2SC)cc(Cl)n1. The summed E-state index contributed by atoms with van der Waals surface area (Å²) in [6, 6.07) is 3.61. The van der Waals surface area contributed by atoms with Crippen LogP contribution in [0.5, 0.6) is 0 Å². The first-order valence-corrected chi connectivity index (χ1v) is 8.55. The maximum atomic E-state index is 12.3. The predicted molar refractivity (Wildman–Crippen MR) is 85.8 cm³/mol. The zero-order valence-corrected chi connectivity index (χ0v) is 13.4. The highest BCUT2D eigenvalue weighted by Gasteiger charge is 2.28.